The molecule has 0 aromatic heterocycles. The summed E-state index contributed by atoms with van der Waals surface area (Å²) in [5.41, 5.74) is -0.900. The number of Topliss-reactive ketones (excluding diaryl/α,β-unsaturated/α-hetero) is 1. The SMILES string of the molecule is CC1(C(=O)ON2C(=O)CCC2=O)C/C=C/C(OC(=O)NCCCC(=O)CCCCC2SCC3NC(=O)NC32)CCC1. The van der Waals surface area contributed by atoms with E-state index in [1.165, 1.54) is 0 Å². The fraction of sp³-hybridized carbons (Fsp3) is 0.714. The predicted octanol–water partition coefficient (Wildman–Crippen LogP) is 2.90. The van der Waals surface area contributed by atoms with Crippen LogP contribution >= 0.6 is 11.8 Å². The molecule has 3 aliphatic heterocycles. The molecule has 5 atom stereocenters. The van der Waals surface area contributed by atoms with E-state index in [1.54, 1.807) is 19.1 Å². The summed E-state index contributed by atoms with van der Waals surface area (Å²) < 4.78 is 5.49. The van der Waals surface area contributed by atoms with Crippen LogP contribution in [0.15, 0.2) is 12.2 Å². The molecule has 4 aliphatic rings. The van der Waals surface area contributed by atoms with Crippen LogP contribution in [0.2, 0.25) is 0 Å². The number of carbonyl (C=O) groups is 6. The second kappa shape index (κ2) is 14.2. The zero-order chi connectivity index (χ0) is 29.4. The van der Waals surface area contributed by atoms with Gasteiger partial charge in [-0.15, -0.1) is 5.06 Å². The van der Waals surface area contributed by atoms with Gasteiger partial charge in [-0.1, -0.05) is 12.5 Å². The topological polar surface area (TPSA) is 160 Å². The van der Waals surface area contributed by atoms with Gasteiger partial charge in [-0.25, -0.2) is 14.4 Å². The van der Waals surface area contributed by atoms with Crippen molar-refractivity contribution in [1.29, 1.82) is 0 Å². The number of ether oxygens (including phenoxy) is 1. The van der Waals surface area contributed by atoms with Gasteiger partial charge in [0.2, 0.25) is 0 Å². The number of alkyl carbamates (subject to hydrolysis) is 1. The molecular formula is C28H40N4O8S. The average molecular weight is 593 g/mol. The number of hydroxylamine groups is 2. The van der Waals surface area contributed by atoms with Crippen LogP contribution in [0.1, 0.15) is 84.0 Å². The van der Waals surface area contributed by atoms with E-state index in [4.69, 9.17) is 9.57 Å². The van der Waals surface area contributed by atoms with E-state index in [9.17, 15) is 28.8 Å². The zero-order valence-corrected chi connectivity index (χ0v) is 24.3. The van der Waals surface area contributed by atoms with Crippen LogP contribution in [0.25, 0.3) is 0 Å². The van der Waals surface area contributed by atoms with Crippen molar-refractivity contribution < 1.29 is 38.3 Å². The van der Waals surface area contributed by atoms with Gasteiger partial charge in [0.1, 0.15) is 11.9 Å². The fourth-order valence-electron chi connectivity index (χ4n) is 5.60. The Morgan fingerprint density at radius 2 is 1.85 bits per heavy atom. The molecule has 3 heterocycles. The number of unbranched alkanes of at least 4 members (excludes halogenated alkanes) is 1. The number of imide groups is 1. The molecule has 3 N–H and O–H groups in total. The van der Waals surface area contributed by atoms with Gasteiger partial charge in [-0.3, -0.25) is 14.4 Å². The molecule has 0 aromatic rings. The third-order valence-electron chi connectivity index (χ3n) is 8.10. The van der Waals surface area contributed by atoms with E-state index in [-0.39, 0.29) is 36.7 Å². The van der Waals surface area contributed by atoms with Gasteiger partial charge < -0.3 is 25.5 Å². The van der Waals surface area contributed by atoms with Crippen molar-refractivity contribution >= 4 is 47.5 Å². The van der Waals surface area contributed by atoms with Crippen LogP contribution in [-0.2, 0) is 28.8 Å². The monoisotopic (exact) mass is 592 g/mol. The molecular weight excluding hydrogens is 552 g/mol. The van der Waals surface area contributed by atoms with E-state index >= 15 is 0 Å². The lowest BCUT2D eigenvalue weighted by Crippen LogP contribution is -2.39. The number of allylic oxidation sites excluding steroid dienone is 1. The Kier molecular flexibility index (Phi) is 10.7. The molecule has 5 amide bonds. The molecule has 0 aromatic carbocycles. The first kappa shape index (κ1) is 30.9. The smallest absolute Gasteiger partial charge is 0.407 e. The lowest BCUT2D eigenvalue weighted by atomic mass is 9.80. The van der Waals surface area contributed by atoms with Crippen LogP contribution in [0.4, 0.5) is 9.59 Å². The van der Waals surface area contributed by atoms with Crippen molar-refractivity contribution in [3.05, 3.63) is 12.2 Å². The van der Waals surface area contributed by atoms with Gasteiger partial charge in [0.05, 0.1) is 17.5 Å². The molecule has 0 spiro atoms. The number of thioether (sulfide) groups is 1. The average Bonchev–Trinajstić information content (AvgIpc) is 3.57. The molecule has 3 fully saturated rings. The van der Waals surface area contributed by atoms with Gasteiger partial charge in [-0.05, 0) is 57.9 Å². The Morgan fingerprint density at radius 3 is 2.63 bits per heavy atom. The summed E-state index contributed by atoms with van der Waals surface area (Å²) in [5.74, 6) is -0.535. The van der Waals surface area contributed by atoms with Crippen LogP contribution < -0.4 is 16.0 Å². The van der Waals surface area contributed by atoms with E-state index in [2.05, 4.69) is 16.0 Å². The molecule has 1 aliphatic carbocycles. The highest BCUT2D eigenvalue weighted by Crippen LogP contribution is 2.35. The largest absolute Gasteiger partial charge is 0.442 e. The highest BCUT2D eigenvalue weighted by atomic mass is 32.2. The lowest BCUT2D eigenvalue weighted by molar-refractivity contribution is -0.205. The third-order valence-corrected chi connectivity index (χ3v) is 9.61. The molecule has 5 unspecified atom stereocenters. The van der Waals surface area contributed by atoms with Crippen LogP contribution in [-0.4, -0.2) is 76.5 Å². The van der Waals surface area contributed by atoms with Crippen molar-refractivity contribution in [1.82, 2.24) is 21.0 Å². The minimum atomic E-state index is -0.900. The van der Waals surface area contributed by atoms with Gasteiger partial charge in [0.15, 0.2) is 0 Å². The molecule has 0 saturated carbocycles. The summed E-state index contributed by atoms with van der Waals surface area (Å²) in [4.78, 5) is 77.3. The van der Waals surface area contributed by atoms with Gasteiger partial charge in [-0.2, -0.15) is 11.8 Å². The van der Waals surface area contributed by atoms with Crippen molar-refractivity contribution in [3.8, 4) is 0 Å². The molecule has 13 heteroatoms. The lowest BCUT2D eigenvalue weighted by Gasteiger charge is -2.29. The normalized spacial score (nSPS) is 30.1. The number of nitrogens with zero attached hydrogens (tertiary/aromatic N) is 1. The van der Waals surface area contributed by atoms with Gasteiger partial charge in [0, 0.05) is 43.2 Å². The fourth-order valence-corrected chi connectivity index (χ4v) is 7.14. The third kappa shape index (κ3) is 8.46. The van der Waals surface area contributed by atoms with Crippen molar-refractivity contribution in [2.45, 2.75) is 107 Å². The maximum atomic E-state index is 12.7. The summed E-state index contributed by atoms with van der Waals surface area (Å²) in [6.45, 7) is 2.07. The highest BCUT2D eigenvalue weighted by molar-refractivity contribution is 8.00. The number of hydrogen-bond donors (Lipinski definition) is 3. The summed E-state index contributed by atoms with van der Waals surface area (Å²) in [6, 6.07) is 0.326. The minimum absolute atomic E-state index is 0.0443. The van der Waals surface area contributed by atoms with E-state index < -0.39 is 35.4 Å². The Morgan fingerprint density at radius 1 is 1.10 bits per heavy atom. The number of urea groups is 1. The quantitative estimate of drug-likeness (QED) is 0.134. The predicted molar refractivity (Wildman–Crippen MR) is 149 cm³/mol. The first-order valence-electron chi connectivity index (χ1n) is 14.5. The van der Waals surface area contributed by atoms with E-state index in [0.29, 0.717) is 61.8 Å². The van der Waals surface area contributed by atoms with Gasteiger partial charge in [0.25, 0.3) is 11.8 Å². The van der Waals surface area contributed by atoms with E-state index in [0.717, 1.165) is 25.0 Å². The highest BCUT2D eigenvalue weighted by Gasteiger charge is 2.43. The molecule has 0 radical (unpaired) electrons. The molecule has 0 bridgehead atoms. The number of ketones is 1. The van der Waals surface area contributed by atoms with Crippen LogP contribution in [0.3, 0.4) is 0 Å². The number of fused-ring (bicyclic) bond motifs is 1. The summed E-state index contributed by atoms with van der Waals surface area (Å²) in [7, 11) is 0. The number of carbonyl (C=O) groups excluding carboxylic acids is 6. The standard InChI is InChI=1S/C28H40N4O8S/c1-28(25(36)40-32-22(34)12-13-23(32)35)14-4-9-19(10-5-15-28)39-27(38)29-16-6-8-18(33)7-2-3-11-21-24-20(17-41-21)30-26(37)31-24/h4,9,19-21,24H,2-3,5-8,10-17H2,1H3,(H,29,38)(H2,30,31,37)/b9-4+. The van der Waals surface area contributed by atoms with Crippen LogP contribution in [0, 0.1) is 5.41 Å². The Balaban J connectivity index is 1.06. The maximum absolute atomic E-state index is 12.7. The van der Waals surface area contributed by atoms with Crippen molar-refractivity contribution in [2.24, 2.45) is 5.41 Å². The number of nitrogens with one attached hydrogen (secondary N) is 3. The van der Waals surface area contributed by atoms with Crippen LogP contribution in [0.5, 0.6) is 0 Å². The van der Waals surface area contributed by atoms with Gasteiger partial charge >= 0.3 is 18.1 Å². The zero-order valence-electron chi connectivity index (χ0n) is 23.5. The first-order chi connectivity index (χ1) is 19.6. The summed E-state index contributed by atoms with van der Waals surface area (Å²) >= 11 is 1.88. The molecule has 41 heavy (non-hydrogen) atoms. The Hall–Kier alpha value is -3.09. The molecule has 4 rings (SSSR count). The second-order valence-electron chi connectivity index (χ2n) is 11.4. The molecule has 226 valence electrons. The van der Waals surface area contributed by atoms with Crippen molar-refractivity contribution in [3.63, 3.8) is 0 Å². The summed E-state index contributed by atoms with van der Waals surface area (Å²) in [5, 5.41) is 9.59. The Labute approximate surface area is 244 Å². The first-order valence-corrected chi connectivity index (χ1v) is 15.6. The number of amides is 5. The number of hydrogen-bond acceptors (Lipinski definition) is 9. The maximum Gasteiger partial charge on any atom is 0.407 e. The number of rotatable bonds is 12. The van der Waals surface area contributed by atoms with Crippen molar-refractivity contribution in [2.75, 3.05) is 12.3 Å². The summed E-state index contributed by atoms with van der Waals surface area (Å²) in [6.07, 6.45) is 8.65. The molecule has 3 saturated heterocycles. The Bertz CT molecular complexity index is 1050. The van der Waals surface area contributed by atoms with E-state index in [1.807, 2.05) is 11.8 Å². The molecule has 12 nitrogen and oxygen atoms in total. The minimum Gasteiger partial charge on any atom is -0.442 e. The second-order valence-corrected chi connectivity index (χ2v) is 12.7.